The summed E-state index contributed by atoms with van der Waals surface area (Å²) in [5, 5.41) is 4.86. The standard InChI is InChI=1S/C15H14ClN5O2/c1-20-6-9(5-18-20)13-14-11(4-12(16)19-13)15(22)21(8-17-14)10-2-3-23-7-10/h4-6,8,10H,2-3,7H2,1H3/t10-/m0/s1. The fraction of sp³-hybridized carbons (Fsp3) is 0.333. The van der Waals surface area contributed by atoms with Crippen molar-refractivity contribution < 1.29 is 4.74 Å². The average molecular weight is 332 g/mol. The van der Waals surface area contributed by atoms with E-state index in [9.17, 15) is 4.79 Å². The third-order valence-corrected chi connectivity index (χ3v) is 4.21. The summed E-state index contributed by atoms with van der Waals surface area (Å²) >= 11 is 6.13. The molecule has 118 valence electrons. The second-order valence-electron chi connectivity index (χ2n) is 5.57. The summed E-state index contributed by atoms with van der Waals surface area (Å²) in [5.41, 5.74) is 1.74. The summed E-state index contributed by atoms with van der Waals surface area (Å²) in [4.78, 5) is 21.6. The van der Waals surface area contributed by atoms with E-state index in [1.54, 1.807) is 27.8 Å². The lowest BCUT2D eigenvalue weighted by Gasteiger charge is -2.13. The molecule has 1 fully saturated rings. The van der Waals surface area contributed by atoms with Gasteiger partial charge in [0.15, 0.2) is 0 Å². The SMILES string of the molecule is Cn1cc(-c2nc(Cl)cc3c(=O)n([C@H]4CCOC4)cnc23)cn1. The van der Waals surface area contributed by atoms with Crippen LogP contribution < -0.4 is 5.56 Å². The first-order valence-electron chi connectivity index (χ1n) is 7.27. The smallest absolute Gasteiger partial charge is 0.261 e. The van der Waals surface area contributed by atoms with Crippen molar-refractivity contribution in [1.82, 2.24) is 24.3 Å². The molecule has 3 aromatic rings. The minimum Gasteiger partial charge on any atom is -0.379 e. The number of hydrogen-bond acceptors (Lipinski definition) is 5. The maximum Gasteiger partial charge on any atom is 0.261 e. The minimum atomic E-state index is -0.125. The molecule has 0 aliphatic carbocycles. The van der Waals surface area contributed by atoms with Gasteiger partial charge in [0.2, 0.25) is 0 Å². The van der Waals surface area contributed by atoms with Gasteiger partial charge in [0.25, 0.3) is 5.56 Å². The Kier molecular flexibility index (Phi) is 3.39. The molecule has 0 radical (unpaired) electrons. The summed E-state index contributed by atoms with van der Waals surface area (Å²) in [7, 11) is 1.82. The highest BCUT2D eigenvalue weighted by Gasteiger charge is 2.21. The van der Waals surface area contributed by atoms with Gasteiger partial charge in [0.1, 0.15) is 16.4 Å². The van der Waals surface area contributed by atoms with E-state index in [1.807, 2.05) is 13.2 Å². The molecule has 1 aliphatic heterocycles. The van der Waals surface area contributed by atoms with Crippen LogP contribution in [0.2, 0.25) is 5.15 Å². The predicted molar refractivity (Wildman–Crippen MR) is 85.5 cm³/mol. The van der Waals surface area contributed by atoms with Crippen LogP contribution in [0.5, 0.6) is 0 Å². The monoisotopic (exact) mass is 331 g/mol. The van der Waals surface area contributed by atoms with Gasteiger partial charge in [0.05, 0.1) is 30.6 Å². The van der Waals surface area contributed by atoms with E-state index < -0.39 is 0 Å². The molecule has 1 aliphatic rings. The Balaban J connectivity index is 1.96. The van der Waals surface area contributed by atoms with Crippen molar-refractivity contribution in [2.45, 2.75) is 12.5 Å². The van der Waals surface area contributed by atoms with Crippen molar-refractivity contribution in [1.29, 1.82) is 0 Å². The highest BCUT2D eigenvalue weighted by molar-refractivity contribution is 6.30. The summed E-state index contributed by atoms with van der Waals surface area (Å²) in [6.07, 6.45) is 5.87. The molecule has 8 heteroatoms. The van der Waals surface area contributed by atoms with Crippen molar-refractivity contribution in [3.05, 3.63) is 40.3 Å². The first-order chi connectivity index (χ1) is 11.1. The van der Waals surface area contributed by atoms with E-state index in [2.05, 4.69) is 15.1 Å². The van der Waals surface area contributed by atoms with Crippen LogP contribution >= 0.6 is 11.6 Å². The third kappa shape index (κ3) is 2.42. The van der Waals surface area contributed by atoms with Gasteiger partial charge in [-0.25, -0.2) is 9.97 Å². The number of pyridine rings is 1. The van der Waals surface area contributed by atoms with E-state index in [1.165, 1.54) is 0 Å². The van der Waals surface area contributed by atoms with Crippen LogP contribution in [-0.4, -0.2) is 37.5 Å². The van der Waals surface area contributed by atoms with E-state index in [-0.39, 0.29) is 16.8 Å². The van der Waals surface area contributed by atoms with Gasteiger partial charge < -0.3 is 4.74 Å². The first kappa shape index (κ1) is 14.3. The van der Waals surface area contributed by atoms with Gasteiger partial charge in [-0.1, -0.05) is 11.6 Å². The molecule has 0 spiro atoms. The van der Waals surface area contributed by atoms with E-state index in [4.69, 9.17) is 16.3 Å². The Morgan fingerprint density at radius 1 is 1.43 bits per heavy atom. The number of aryl methyl sites for hydroxylation is 1. The number of fused-ring (bicyclic) bond motifs is 1. The van der Waals surface area contributed by atoms with Crippen LogP contribution in [0.4, 0.5) is 0 Å². The van der Waals surface area contributed by atoms with Crippen molar-refractivity contribution in [3.63, 3.8) is 0 Å². The molecule has 4 heterocycles. The molecule has 0 N–H and O–H groups in total. The van der Waals surface area contributed by atoms with Crippen LogP contribution in [0.25, 0.3) is 22.2 Å². The molecule has 0 bridgehead atoms. The molecule has 1 saturated heterocycles. The molecule has 7 nitrogen and oxygen atoms in total. The zero-order chi connectivity index (χ0) is 16.0. The van der Waals surface area contributed by atoms with Crippen molar-refractivity contribution in [2.75, 3.05) is 13.2 Å². The Bertz CT molecular complexity index is 943. The van der Waals surface area contributed by atoms with Crippen LogP contribution in [0.15, 0.2) is 29.6 Å². The first-order valence-corrected chi connectivity index (χ1v) is 7.65. The lowest BCUT2D eigenvalue weighted by molar-refractivity contribution is 0.186. The van der Waals surface area contributed by atoms with Gasteiger partial charge in [-0.15, -0.1) is 0 Å². The minimum absolute atomic E-state index is 0.0215. The molecular formula is C15H14ClN5O2. The van der Waals surface area contributed by atoms with Crippen molar-refractivity contribution in [2.24, 2.45) is 7.05 Å². The molecule has 0 unspecified atom stereocenters. The number of ether oxygens (including phenoxy) is 1. The highest BCUT2D eigenvalue weighted by atomic mass is 35.5. The maximum absolute atomic E-state index is 12.8. The fourth-order valence-corrected chi connectivity index (χ4v) is 3.05. The van der Waals surface area contributed by atoms with Gasteiger partial charge >= 0.3 is 0 Å². The average Bonchev–Trinajstić information content (AvgIpc) is 3.19. The second-order valence-corrected chi connectivity index (χ2v) is 5.95. The quantitative estimate of drug-likeness (QED) is 0.669. The molecule has 0 saturated carbocycles. The second kappa shape index (κ2) is 5.43. The Hall–Kier alpha value is -2.25. The Labute approximate surface area is 136 Å². The Morgan fingerprint density at radius 2 is 2.30 bits per heavy atom. The number of hydrogen-bond donors (Lipinski definition) is 0. The number of halogens is 1. The summed E-state index contributed by atoms with van der Waals surface area (Å²) in [5.74, 6) is 0. The maximum atomic E-state index is 12.8. The van der Waals surface area contributed by atoms with E-state index in [0.29, 0.717) is 29.8 Å². The van der Waals surface area contributed by atoms with E-state index in [0.717, 1.165) is 12.0 Å². The zero-order valence-corrected chi connectivity index (χ0v) is 13.2. The van der Waals surface area contributed by atoms with Gasteiger partial charge in [-0.05, 0) is 12.5 Å². The number of nitrogens with zero attached hydrogens (tertiary/aromatic N) is 5. The third-order valence-electron chi connectivity index (χ3n) is 4.01. The molecule has 23 heavy (non-hydrogen) atoms. The highest BCUT2D eigenvalue weighted by Crippen LogP contribution is 2.26. The summed E-state index contributed by atoms with van der Waals surface area (Å²) < 4.78 is 8.65. The lowest BCUT2D eigenvalue weighted by Crippen LogP contribution is -2.25. The zero-order valence-electron chi connectivity index (χ0n) is 12.4. The van der Waals surface area contributed by atoms with Crippen LogP contribution in [0.1, 0.15) is 12.5 Å². The number of rotatable bonds is 2. The van der Waals surface area contributed by atoms with Crippen molar-refractivity contribution >= 4 is 22.5 Å². The van der Waals surface area contributed by atoms with Gasteiger partial charge in [0, 0.05) is 25.4 Å². The topological polar surface area (TPSA) is 74.8 Å². The molecule has 0 amide bonds. The summed E-state index contributed by atoms with van der Waals surface area (Å²) in [6, 6.07) is 1.59. The molecule has 4 rings (SSSR count). The van der Waals surface area contributed by atoms with Crippen LogP contribution in [-0.2, 0) is 11.8 Å². The van der Waals surface area contributed by atoms with Gasteiger partial charge in [-0.3, -0.25) is 14.0 Å². The summed E-state index contributed by atoms with van der Waals surface area (Å²) in [6.45, 7) is 1.19. The fourth-order valence-electron chi connectivity index (χ4n) is 2.86. The molecular weight excluding hydrogens is 318 g/mol. The lowest BCUT2D eigenvalue weighted by atomic mass is 10.1. The number of aromatic nitrogens is 5. The van der Waals surface area contributed by atoms with Crippen LogP contribution in [0.3, 0.4) is 0 Å². The van der Waals surface area contributed by atoms with E-state index >= 15 is 0 Å². The molecule has 0 aromatic carbocycles. The largest absolute Gasteiger partial charge is 0.379 e. The van der Waals surface area contributed by atoms with Gasteiger partial charge in [-0.2, -0.15) is 5.10 Å². The Morgan fingerprint density at radius 3 is 3.00 bits per heavy atom. The van der Waals surface area contributed by atoms with Crippen molar-refractivity contribution in [3.8, 4) is 11.3 Å². The molecule has 3 aromatic heterocycles. The predicted octanol–water partition coefficient (Wildman–Crippen LogP) is 1.81. The normalized spacial score (nSPS) is 17.9. The van der Waals surface area contributed by atoms with Crippen LogP contribution in [0, 0.1) is 0 Å². The molecule has 1 atom stereocenters.